The molecule has 0 aliphatic carbocycles. The lowest BCUT2D eigenvalue weighted by Crippen LogP contribution is -2.46. The molecule has 0 fully saturated rings. The van der Waals surface area contributed by atoms with E-state index in [-0.39, 0.29) is 19.1 Å². The van der Waals surface area contributed by atoms with Gasteiger partial charge in [0.05, 0.1) is 20.7 Å². The van der Waals surface area contributed by atoms with Gasteiger partial charge in [-0.25, -0.2) is 4.79 Å². The van der Waals surface area contributed by atoms with E-state index < -0.39 is 7.37 Å². The van der Waals surface area contributed by atoms with Gasteiger partial charge in [-0.15, -0.1) is 0 Å². The van der Waals surface area contributed by atoms with Crippen LogP contribution in [0.4, 0.5) is 0 Å². The van der Waals surface area contributed by atoms with Crippen LogP contribution in [0, 0.1) is 0 Å². The second-order valence-corrected chi connectivity index (χ2v) is 9.07. The number of rotatable bonds is 9. The maximum Gasteiger partial charge on any atom is 0.361 e. The highest BCUT2D eigenvalue weighted by Crippen LogP contribution is 2.44. The molecule has 0 saturated carbocycles. The highest BCUT2D eigenvalue weighted by molar-refractivity contribution is 7.74. The fraction of sp³-hybridized carbons (Fsp3) is 0.350. The van der Waals surface area contributed by atoms with Gasteiger partial charge in [0.15, 0.2) is 6.54 Å². The predicted molar refractivity (Wildman–Crippen MR) is 104 cm³/mol. The first-order chi connectivity index (χ1) is 12.4. The van der Waals surface area contributed by atoms with Crippen molar-refractivity contribution in [2.75, 3.05) is 40.4 Å². The first-order valence-electron chi connectivity index (χ1n) is 8.71. The summed E-state index contributed by atoms with van der Waals surface area (Å²) in [5.41, 5.74) is 0. The topological polar surface area (TPSA) is 52.6 Å². The fourth-order valence-corrected chi connectivity index (χ4v) is 4.66. The average molecular weight is 376 g/mol. The minimum Gasteiger partial charge on any atom is -0.462 e. The Morgan fingerprint density at radius 1 is 0.962 bits per heavy atom. The normalized spacial score (nSPS) is 12.0. The van der Waals surface area contributed by atoms with Crippen molar-refractivity contribution in [1.29, 1.82) is 0 Å². The summed E-state index contributed by atoms with van der Waals surface area (Å²) in [4.78, 5) is 11.7. The number of carbonyl (C=O) groups excluding carboxylic acids is 1. The van der Waals surface area contributed by atoms with Crippen LogP contribution in [0.15, 0.2) is 60.7 Å². The molecule has 0 amide bonds. The Morgan fingerprint density at radius 3 is 1.92 bits per heavy atom. The molecule has 6 heteroatoms. The summed E-state index contributed by atoms with van der Waals surface area (Å²) in [6.45, 7) is 3.22. The van der Waals surface area contributed by atoms with Gasteiger partial charge in [0, 0.05) is 10.6 Å². The summed E-state index contributed by atoms with van der Waals surface area (Å²) in [6.07, 6.45) is 0. The predicted octanol–water partition coefficient (Wildman–Crippen LogP) is 2.57. The third-order valence-corrected chi connectivity index (χ3v) is 6.53. The van der Waals surface area contributed by atoms with Crippen molar-refractivity contribution in [3.63, 3.8) is 0 Å². The monoisotopic (exact) mass is 376 g/mol. The molecule has 0 spiro atoms. The van der Waals surface area contributed by atoms with Gasteiger partial charge in [-0.2, -0.15) is 0 Å². The number of quaternary nitrogens is 1. The SMILES string of the molecule is CCOC(=O)C[N+](C)(C)CCOP(=O)(c1ccccc1)c1ccccc1. The van der Waals surface area contributed by atoms with Crippen LogP contribution in [0.25, 0.3) is 0 Å². The van der Waals surface area contributed by atoms with Gasteiger partial charge in [0.2, 0.25) is 0 Å². The van der Waals surface area contributed by atoms with Crippen LogP contribution >= 0.6 is 7.37 Å². The molecule has 0 N–H and O–H groups in total. The second-order valence-electron chi connectivity index (χ2n) is 6.68. The van der Waals surface area contributed by atoms with Gasteiger partial charge < -0.3 is 13.7 Å². The van der Waals surface area contributed by atoms with E-state index in [0.717, 1.165) is 0 Å². The van der Waals surface area contributed by atoms with Crippen molar-refractivity contribution in [1.82, 2.24) is 0 Å². The van der Waals surface area contributed by atoms with Crippen LogP contribution in [-0.2, 0) is 18.6 Å². The quantitative estimate of drug-likeness (QED) is 0.384. The number of ether oxygens (including phenoxy) is 1. The number of likely N-dealkylation sites (N-methyl/N-ethyl adjacent to an activating group) is 1. The first-order valence-corrected chi connectivity index (χ1v) is 10.3. The van der Waals surface area contributed by atoms with E-state index in [1.165, 1.54) is 0 Å². The molecule has 0 saturated heterocycles. The van der Waals surface area contributed by atoms with E-state index in [1.807, 2.05) is 74.8 Å². The van der Waals surface area contributed by atoms with E-state index in [1.54, 1.807) is 6.92 Å². The molecule has 0 aliphatic heterocycles. The maximum atomic E-state index is 13.7. The molecule has 26 heavy (non-hydrogen) atoms. The molecule has 0 radical (unpaired) electrons. The smallest absolute Gasteiger partial charge is 0.361 e. The second kappa shape index (κ2) is 9.13. The molecule has 0 bridgehead atoms. The van der Waals surface area contributed by atoms with E-state index >= 15 is 0 Å². The standard InChI is InChI=1S/C20H27NO4P/c1-4-24-20(22)17-21(2,3)15-16-25-26(23,18-11-7-5-8-12-18)19-13-9-6-10-14-19/h5-14H,4,15-17H2,1-3H3/q+1. The first kappa shape index (κ1) is 20.4. The van der Waals surface area contributed by atoms with Crippen molar-refractivity contribution < 1.29 is 23.1 Å². The summed E-state index contributed by atoms with van der Waals surface area (Å²) in [7, 11) is 0.670. The molecular weight excluding hydrogens is 349 g/mol. The van der Waals surface area contributed by atoms with Crippen molar-refractivity contribution >= 4 is 23.9 Å². The van der Waals surface area contributed by atoms with E-state index in [4.69, 9.17) is 9.26 Å². The third kappa shape index (κ3) is 5.53. The number of benzene rings is 2. The molecule has 0 aromatic heterocycles. The summed E-state index contributed by atoms with van der Waals surface area (Å²) in [5, 5.41) is 1.34. The largest absolute Gasteiger partial charge is 0.462 e. The van der Waals surface area contributed by atoms with Crippen molar-refractivity contribution in [2.45, 2.75) is 6.92 Å². The van der Waals surface area contributed by atoms with E-state index in [9.17, 15) is 9.36 Å². The molecule has 2 aromatic carbocycles. The molecule has 2 aromatic rings. The highest BCUT2D eigenvalue weighted by atomic mass is 31.2. The van der Waals surface area contributed by atoms with Crippen LogP contribution in [0.3, 0.4) is 0 Å². The van der Waals surface area contributed by atoms with Gasteiger partial charge in [-0.1, -0.05) is 36.4 Å². The zero-order chi connectivity index (χ0) is 19.0. The van der Waals surface area contributed by atoms with Gasteiger partial charge in [0.25, 0.3) is 7.37 Å². The van der Waals surface area contributed by atoms with Gasteiger partial charge >= 0.3 is 5.97 Å². The molecule has 0 aliphatic rings. The summed E-state index contributed by atoms with van der Waals surface area (Å²) in [6, 6.07) is 18.5. The Morgan fingerprint density at radius 2 is 1.46 bits per heavy atom. The lowest BCUT2D eigenvalue weighted by molar-refractivity contribution is -0.883. The fourth-order valence-electron chi connectivity index (χ4n) is 2.60. The molecule has 0 heterocycles. The van der Waals surface area contributed by atoms with E-state index in [0.29, 0.717) is 28.2 Å². The summed E-state index contributed by atoms with van der Waals surface area (Å²) < 4.78 is 25.1. The lowest BCUT2D eigenvalue weighted by Gasteiger charge is -2.29. The third-order valence-electron chi connectivity index (χ3n) is 4.02. The van der Waals surface area contributed by atoms with E-state index in [2.05, 4.69) is 0 Å². The molecule has 140 valence electrons. The Balaban J connectivity index is 2.12. The van der Waals surface area contributed by atoms with Gasteiger partial charge in [-0.3, -0.25) is 4.57 Å². The number of hydrogen-bond donors (Lipinski definition) is 0. The lowest BCUT2D eigenvalue weighted by atomic mass is 10.4. The minimum atomic E-state index is -3.18. The van der Waals surface area contributed by atoms with Crippen LogP contribution in [0.5, 0.6) is 0 Å². The van der Waals surface area contributed by atoms with Crippen molar-refractivity contribution in [2.24, 2.45) is 0 Å². The van der Waals surface area contributed by atoms with Crippen LogP contribution in [0.2, 0.25) is 0 Å². The minimum absolute atomic E-state index is 0.244. The van der Waals surface area contributed by atoms with Gasteiger partial charge in [0.1, 0.15) is 13.2 Å². The number of esters is 1. The Bertz CT molecular complexity index is 703. The molecule has 2 rings (SSSR count). The van der Waals surface area contributed by atoms with Crippen LogP contribution in [0.1, 0.15) is 6.92 Å². The summed E-state index contributed by atoms with van der Waals surface area (Å²) in [5.74, 6) is -0.244. The Kier molecular flexibility index (Phi) is 7.15. The molecule has 5 nitrogen and oxygen atoms in total. The zero-order valence-electron chi connectivity index (χ0n) is 15.6. The van der Waals surface area contributed by atoms with Gasteiger partial charge in [-0.05, 0) is 31.2 Å². The molecule has 0 atom stereocenters. The maximum absolute atomic E-state index is 13.7. The summed E-state index contributed by atoms with van der Waals surface area (Å²) >= 11 is 0. The van der Waals surface area contributed by atoms with Crippen molar-refractivity contribution in [3.8, 4) is 0 Å². The Labute approximate surface area is 155 Å². The Hall–Kier alpha value is -1.94. The van der Waals surface area contributed by atoms with Crippen molar-refractivity contribution in [3.05, 3.63) is 60.7 Å². The van der Waals surface area contributed by atoms with Crippen LogP contribution in [-0.4, -0.2) is 50.9 Å². The number of nitrogens with zero attached hydrogens (tertiary/aromatic N) is 1. The van der Waals surface area contributed by atoms with Crippen LogP contribution < -0.4 is 10.6 Å². The highest BCUT2D eigenvalue weighted by Gasteiger charge is 2.30. The number of hydrogen-bond acceptors (Lipinski definition) is 4. The molecular formula is C20H27NO4P+. The number of carbonyl (C=O) groups is 1. The average Bonchev–Trinajstić information content (AvgIpc) is 2.62. The molecule has 0 unspecified atom stereocenters. The zero-order valence-corrected chi connectivity index (χ0v) is 16.5.